The molecule has 122 valence electrons. The number of benzene rings is 1. The van der Waals surface area contributed by atoms with E-state index in [4.69, 9.17) is 9.47 Å². The van der Waals surface area contributed by atoms with Crippen molar-refractivity contribution >= 4 is 11.6 Å². The lowest BCUT2D eigenvalue weighted by molar-refractivity contribution is 0.101. The number of nitrogens with zero attached hydrogens (tertiary/aromatic N) is 2. The molecule has 0 atom stereocenters. The van der Waals surface area contributed by atoms with Crippen LogP contribution in [0.25, 0.3) is 0 Å². The molecule has 0 aliphatic carbocycles. The molecule has 1 N–H and O–H groups in total. The number of hydrogen-bond acceptors (Lipinski definition) is 5. The Morgan fingerprint density at radius 3 is 2.52 bits per heavy atom. The second-order valence-corrected chi connectivity index (χ2v) is 5.12. The predicted molar refractivity (Wildman–Crippen MR) is 86.4 cm³/mol. The van der Waals surface area contributed by atoms with Crippen LogP contribution in [-0.4, -0.2) is 29.9 Å². The number of ether oxygens (including phenoxy) is 2. The van der Waals surface area contributed by atoms with Gasteiger partial charge in [-0.25, -0.2) is 4.68 Å². The third-order valence-electron chi connectivity index (χ3n) is 3.20. The van der Waals surface area contributed by atoms with Crippen LogP contribution in [0, 0.1) is 0 Å². The van der Waals surface area contributed by atoms with E-state index in [1.165, 1.54) is 23.9 Å². The van der Waals surface area contributed by atoms with E-state index in [1.54, 1.807) is 25.3 Å². The highest BCUT2D eigenvalue weighted by Crippen LogP contribution is 2.29. The fraction of sp³-hybridized carbons (Fsp3) is 0.312. The minimum Gasteiger partial charge on any atom is -0.497 e. The molecule has 7 heteroatoms. The van der Waals surface area contributed by atoms with Gasteiger partial charge < -0.3 is 14.8 Å². The summed E-state index contributed by atoms with van der Waals surface area (Å²) in [6.45, 7) is 3.64. The van der Waals surface area contributed by atoms with Gasteiger partial charge in [0.1, 0.15) is 17.2 Å². The summed E-state index contributed by atoms with van der Waals surface area (Å²) in [5.41, 5.74) is 0.386. The van der Waals surface area contributed by atoms with Crippen molar-refractivity contribution in [1.82, 2.24) is 9.78 Å². The largest absolute Gasteiger partial charge is 0.497 e. The number of nitrogens with one attached hydrogen (secondary N) is 1. The van der Waals surface area contributed by atoms with Gasteiger partial charge in [-0.3, -0.25) is 9.59 Å². The first-order valence-electron chi connectivity index (χ1n) is 7.09. The van der Waals surface area contributed by atoms with Gasteiger partial charge in [0.05, 0.1) is 25.9 Å². The molecule has 1 amide bonds. The van der Waals surface area contributed by atoms with Crippen molar-refractivity contribution in [2.75, 3.05) is 19.5 Å². The molecule has 2 rings (SSSR count). The van der Waals surface area contributed by atoms with Crippen molar-refractivity contribution in [3.8, 4) is 11.5 Å². The van der Waals surface area contributed by atoms with Crippen molar-refractivity contribution in [1.29, 1.82) is 0 Å². The minimum absolute atomic E-state index is 0.134. The van der Waals surface area contributed by atoms with Gasteiger partial charge in [0.2, 0.25) is 0 Å². The second-order valence-electron chi connectivity index (χ2n) is 5.12. The highest BCUT2D eigenvalue weighted by atomic mass is 16.5. The summed E-state index contributed by atoms with van der Waals surface area (Å²) in [5.74, 6) is 0.657. The number of hydrogen-bond donors (Lipinski definition) is 1. The summed E-state index contributed by atoms with van der Waals surface area (Å²) in [5, 5.41) is 6.80. The molecule has 7 nitrogen and oxygen atoms in total. The standard InChI is InChI=1S/C16H19N3O4/c1-10(2)19-15(20)8-7-13(18-19)16(21)17-12-6-5-11(22-3)9-14(12)23-4/h5-10H,1-4H3,(H,17,21). The SMILES string of the molecule is COc1ccc(NC(=O)c2ccc(=O)n(C(C)C)n2)c(OC)c1. The molecule has 0 radical (unpaired) electrons. The number of aromatic nitrogens is 2. The van der Waals surface area contributed by atoms with Gasteiger partial charge in [0.25, 0.3) is 11.5 Å². The van der Waals surface area contributed by atoms with Crippen LogP contribution < -0.4 is 20.3 Å². The predicted octanol–water partition coefficient (Wildman–Crippen LogP) is 2.09. The third-order valence-corrected chi connectivity index (χ3v) is 3.20. The molecule has 0 bridgehead atoms. The van der Waals surface area contributed by atoms with Gasteiger partial charge in [0, 0.05) is 12.1 Å². The van der Waals surface area contributed by atoms with E-state index in [0.717, 1.165) is 0 Å². The molecule has 1 heterocycles. The molecule has 0 aliphatic heterocycles. The minimum atomic E-state index is -0.428. The maximum absolute atomic E-state index is 12.3. The van der Waals surface area contributed by atoms with E-state index in [2.05, 4.69) is 10.4 Å². The van der Waals surface area contributed by atoms with E-state index in [-0.39, 0.29) is 17.3 Å². The van der Waals surface area contributed by atoms with Gasteiger partial charge in [-0.1, -0.05) is 0 Å². The highest BCUT2D eigenvalue weighted by molar-refractivity contribution is 6.03. The molecule has 1 aromatic heterocycles. The highest BCUT2D eigenvalue weighted by Gasteiger charge is 2.14. The molecule has 23 heavy (non-hydrogen) atoms. The number of amides is 1. The monoisotopic (exact) mass is 317 g/mol. The fourth-order valence-corrected chi connectivity index (χ4v) is 2.00. The van der Waals surface area contributed by atoms with Gasteiger partial charge in [-0.05, 0) is 32.0 Å². The van der Waals surface area contributed by atoms with E-state index in [9.17, 15) is 9.59 Å². The van der Waals surface area contributed by atoms with E-state index < -0.39 is 5.91 Å². The van der Waals surface area contributed by atoms with Crippen molar-refractivity contribution < 1.29 is 14.3 Å². The zero-order chi connectivity index (χ0) is 17.0. The average molecular weight is 317 g/mol. The summed E-state index contributed by atoms with van der Waals surface area (Å²) >= 11 is 0. The van der Waals surface area contributed by atoms with Crippen LogP contribution in [0.5, 0.6) is 11.5 Å². The average Bonchev–Trinajstić information content (AvgIpc) is 2.55. The van der Waals surface area contributed by atoms with Gasteiger partial charge in [0.15, 0.2) is 0 Å². The maximum Gasteiger partial charge on any atom is 0.276 e. The summed E-state index contributed by atoms with van der Waals surface area (Å²) < 4.78 is 11.6. The Bertz CT molecular complexity index is 768. The Morgan fingerprint density at radius 1 is 1.17 bits per heavy atom. The molecule has 0 aliphatic rings. The summed E-state index contributed by atoms with van der Waals surface area (Å²) in [7, 11) is 3.05. The zero-order valence-electron chi connectivity index (χ0n) is 13.5. The molecular formula is C16H19N3O4. The number of methoxy groups -OCH3 is 2. The fourth-order valence-electron chi connectivity index (χ4n) is 2.00. The van der Waals surface area contributed by atoms with Gasteiger partial charge in [-0.15, -0.1) is 0 Å². The topological polar surface area (TPSA) is 82.5 Å². The molecule has 2 aromatic rings. The Hall–Kier alpha value is -2.83. The second kappa shape index (κ2) is 6.95. The lowest BCUT2D eigenvalue weighted by Gasteiger charge is -2.12. The summed E-state index contributed by atoms with van der Waals surface area (Å²) in [6, 6.07) is 7.64. The molecular weight excluding hydrogens is 298 g/mol. The van der Waals surface area contributed by atoms with Crippen molar-refractivity contribution in [2.24, 2.45) is 0 Å². The van der Waals surface area contributed by atoms with Crippen LogP contribution in [0.4, 0.5) is 5.69 Å². The molecule has 0 fully saturated rings. The summed E-state index contributed by atoms with van der Waals surface area (Å²) in [6.07, 6.45) is 0. The first kappa shape index (κ1) is 16.5. The summed E-state index contributed by atoms with van der Waals surface area (Å²) in [4.78, 5) is 24.0. The quantitative estimate of drug-likeness (QED) is 0.913. The molecule has 1 aromatic carbocycles. The first-order chi connectivity index (χ1) is 11.0. The molecule has 0 spiro atoms. The Kier molecular flexibility index (Phi) is 5.00. The molecule has 0 saturated carbocycles. The first-order valence-corrected chi connectivity index (χ1v) is 7.09. The number of carbonyl (C=O) groups is 1. The van der Waals surface area contributed by atoms with Crippen molar-refractivity contribution in [2.45, 2.75) is 19.9 Å². The van der Waals surface area contributed by atoms with Crippen molar-refractivity contribution in [3.63, 3.8) is 0 Å². The lowest BCUT2D eigenvalue weighted by atomic mass is 10.2. The van der Waals surface area contributed by atoms with E-state index in [0.29, 0.717) is 17.2 Å². The van der Waals surface area contributed by atoms with Crippen LogP contribution in [0.2, 0.25) is 0 Å². The molecule has 0 unspecified atom stereocenters. The normalized spacial score (nSPS) is 10.5. The maximum atomic E-state index is 12.3. The number of anilines is 1. The number of carbonyl (C=O) groups excluding carboxylic acids is 1. The Labute approximate surface area is 133 Å². The van der Waals surface area contributed by atoms with Crippen LogP contribution >= 0.6 is 0 Å². The zero-order valence-corrected chi connectivity index (χ0v) is 13.5. The van der Waals surface area contributed by atoms with Gasteiger partial charge in [-0.2, -0.15) is 5.10 Å². The lowest BCUT2D eigenvalue weighted by Crippen LogP contribution is -2.27. The smallest absolute Gasteiger partial charge is 0.276 e. The Balaban J connectivity index is 2.29. The van der Waals surface area contributed by atoms with Gasteiger partial charge >= 0.3 is 0 Å². The van der Waals surface area contributed by atoms with E-state index in [1.807, 2.05) is 13.8 Å². The Morgan fingerprint density at radius 2 is 1.91 bits per heavy atom. The van der Waals surface area contributed by atoms with Crippen LogP contribution in [0.15, 0.2) is 35.1 Å². The van der Waals surface area contributed by atoms with E-state index >= 15 is 0 Å². The van der Waals surface area contributed by atoms with Crippen LogP contribution in [-0.2, 0) is 0 Å². The molecule has 0 saturated heterocycles. The number of rotatable bonds is 5. The van der Waals surface area contributed by atoms with Crippen LogP contribution in [0.1, 0.15) is 30.4 Å². The van der Waals surface area contributed by atoms with Crippen molar-refractivity contribution in [3.05, 3.63) is 46.4 Å². The van der Waals surface area contributed by atoms with Crippen LogP contribution in [0.3, 0.4) is 0 Å². The third kappa shape index (κ3) is 3.68.